The number of ether oxygens (including phenoxy) is 1. The first kappa shape index (κ1) is 23.2. The van der Waals surface area contributed by atoms with Gasteiger partial charge < -0.3 is 10.1 Å². The van der Waals surface area contributed by atoms with E-state index in [9.17, 15) is 13.2 Å². The Morgan fingerprint density at radius 2 is 1.58 bits per heavy atom. The predicted molar refractivity (Wildman–Crippen MR) is 122 cm³/mol. The molecule has 2 aromatic carbocycles. The van der Waals surface area contributed by atoms with Crippen molar-refractivity contribution in [1.82, 2.24) is 10.2 Å². The highest BCUT2D eigenvalue weighted by atomic mass is 32.2. The molecular weight excluding hydrogens is 414 g/mol. The molecule has 31 heavy (non-hydrogen) atoms. The van der Waals surface area contributed by atoms with Gasteiger partial charge in [-0.1, -0.05) is 43.3 Å². The third kappa shape index (κ3) is 7.05. The Morgan fingerprint density at radius 1 is 1.00 bits per heavy atom. The van der Waals surface area contributed by atoms with Gasteiger partial charge in [0, 0.05) is 26.2 Å². The lowest BCUT2D eigenvalue weighted by molar-refractivity contribution is -0.119. The molecule has 1 amide bonds. The first-order chi connectivity index (χ1) is 14.8. The van der Waals surface area contributed by atoms with Crippen LogP contribution in [-0.4, -0.2) is 58.3 Å². The highest BCUT2D eigenvalue weighted by Crippen LogP contribution is 2.18. The van der Waals surface area contributed by atoms with Crippen molar-refractivity contribution in [3.8, 4) is 0 Å². The summed E-state index contributed by atoms with van der Waals surface area (Å²) in [6.45, 7) is 6.45. The molecule has 3 rings (SSSR count). The molecule has 0 atom stereocenters. The van der Waals surface area contributed by atoms with Crippen LogP contribution < -0.4 is 9.62 Å². The molecule has 1 fully saturated rings. The number of nitrogens with zero attached hydrogens (tertiary/aromatic N) is 2. The van der Waals surface area contributed by atoms with Crippen molar-refractivity contribution in [3.63, 3.8) is 0 Å². The lowest BCUT2D eigenvalue weighted by atomic mass is 10.1. The van der Waals surface area contributed by atoms with Crippen LogP contribution in [0.3, 0.4) is 0 Å². The van der Waals surface area contributed by atoms with Gasteiger partial charge in [-0.2, -0.15) is 0 Å². The average molecular weight is 446 g/mol. The normalized spacial score (nSPS) is 14.9. The molecule has 0 aliphatic carbocycles. The second-order valence-electron chi connectivity index (χ2n) is 7.77. The van der Waals surface area contributed by atoms with Gasteiger partial charge in [0.25, 0.3) is 0 Å². The Balaban J connectivity index is 1.54. The average Bonchev–Trinajstić information content (AvgIpc) is 2.77. The SMILES string of the molecule is CCc1ccc(N(CC(=O)NCc2ccc(CN3CCOCC3)cc2)S(C)(=O)=O)cc1. The highest BCUT2D eigenvalue weighted by Gasteiger charge is 2.20. The van der Waals surface area contributed by atoms with E-state index in [1.807, 2.05) is 31.2 Å². The predicted octanol–water partition coefficient (Wildman–Crippen LogP) is 2.16. The van der Waals surface area contributed by atoms with Crippen molar-refractivity contribution < 1.29 is 17.9 Å². The number of rotatable bonds is 9. The molecule has 1 aliphatic rings. The van der Waals surface area contributed by atoms with Crippen LogP contribution >= 0.6 is 0 Å². The zero-order chi connectivity index (χ0) is 22.3. The summed E-state index contributed by atoms with van der Waals surface area (Å²) >= 11 is 0. The molecule has 2 aromatic rings. The quantitative estimate of drug-likeness (QED) is 0.640. The minimum atomic E-state index is -3.58. The fraction of sp³-hybridized carbons (Fsp3) is 0.435. The minimum Gasteiger partial charge on any atom is -0.379 e. The number of sulfonamides is 1. The van der Waals surface area contributed by atoms with Gasteiger partial charge in [0.15, 0.2) is 0 Å². The first-order valence-electron chi connectivity index (χ1n) is 10.6. The molecule has 7 nitrogen and oxygen atoms in total. The van der Waals surface area contributed by atoms with E-state index in [0.29, 0.717) is 12.2 Å². The Morgan fingerprint density at radius 3 is 2.16 bits per heavy atom. The van der Waals surface area contributed by atoms with Crippen molar-refractivity contribution in [1.29, 1.82) is 0 Å². The van der Waals surface area contributed by atoms with E-state index in [-0.39, 0.29) is 12.5 Å². The number of aryl methyl sites for hydroxylation is 1. The van der Waals surface area contributed by atoms with Gasteiger partial charge in [0.05, 0.1) is 25.2 Å². The second kappa shape index (κ2) is 10.7. The molecule has 0 aromatic heterocycles. The van der Waals surface area contributed by atoms with Crippen molar-refractivity contribution in [2.45, 2.75) is 26.4 Å². The number of benzene rings is 2. The van der Waals surface area contributed by atoms with E-state index < -0.39 is 10.0 Å². The van der Waals surface area contributed by atoms with Crippen LogP contribution in [0.1, 0.15) is 23.6 Å². The summed E-state index contributed by atoms with van der Waals surface area (Å²) in [6.07, 6.45) is 1.98. The van der Waals surface area contributed by atoms with Gasteiger partial charge in [0.1, 0.15) is 6.54 Å². The number of nitrogens with one attached hydrogen (secondary N) is 1. The van der Waals surface area contributed by atoms with Crippen molar-refractivity contribution in [2.24, 2.45) is 0 Å². The van der Waals surface area contributed by atoms with Gasteiger partial charge in [-0.3, -0.25) is 14.0 Å². The summed E-state index contributed by atoms with van der Waals surface area (Å²) in [5, 5.41) is 2.82. The van der Waals surface area contributed by atoms with Crippen LogP contribution in [0.25, 0.3) is 0 Å². The minimum absolute atomic E-state index is 0.251. The summed E-state index contributed by atoms with van der Waals surface area (Å²) in [7, 11) is -3.58. The molecule has 1 N–H and O–H groups in total. The standard InChI is InChI=1S/C23H31N3O4S/c1-3-19-8-10-22(11-9-19)26(31(2,28)29)18-23(27)24-16-20-4-6-21(7-5-20)17-25-12-14-30-15-13-25/h4-11H,3,12-18H2,1-2H3,(H,24,27). The van der Waals surface area contributed by atoms with Gasteiger partial charge in [0.2, 0.25) is 15.9 Å². The maximum atomic E-state index is 12.5. The largest absolute Gasteiger partial charge is 0.379 e. The van der Waals surface area contributed by atoms with Crippen LogP contribution in [0.4, 0.5) is 5.69 Å². The monoisotopic (exact) mass is 445 g/mol. The van der Waals surface area contributed by atoms with E-state index in [4.69, 9.17) is 4.74 Å². The van der Waals surface area contributed by atoms with Crippen LogP contribution in [0.15, 0.2) is 48.5 Å². The molecule has 0 bridgehead atoms. The fourth-order valence-corrected chi connectivity index (χ4v) is 4.32. The lowest BCUT2D eigenvalue weighted by Crippen LogP contribution is -2.40. The highest BCUT2D eigenvalue weighted by molar-refractivity contribution is 7.92. The van der Waals surface area contributed by atoms with E-state index in [1.165, 1.54) is 5.56 Å². The van der Waals surface area contributed by atoms with E-state index >= 15 is 0 Å². The number of amides is 1. The summed E-state index contributed by atoms with van der Waals surface area (Å²) in [6, 6.07) is 15.3. The van der Waals surface area contributed by atoms with Crippen LogP contribution in [-0.2, 0) is 39.1 Å². The van der Waals surface area contributed by atoms with Crippen LogP contribution in [0.5, 0.6) is 0 Å². The third-order valence-corrected chi connectivity index (χ3v) is 6.48. The summed E-state index contributed by atoms with van der Waals surface area (Å²) in [4.78, 5) is 14.8. The van der Waals surface area contributed by atoms with Crippen molar-refractivity contribution in [3.05, 3.63) is 65.2 Å². The zero-order valence-electron chi connectivity index (χ0n) is 18.2. The first-order valence-corrected chi connectivity index (χ1v) is 12.4. The summed E-state index contributed by atoms with van der Waals surface area (Å²) < 4.78 is 31.0. The van der Waals surface area contributed by atoms with E-state index in [2.05, 4.69) is 22.3 Å². The van der Waals surface area contributed by atoms with Gasteiger partial charge in [-0.15, -0.1) is 0 Å². The fourth-order valence-electron chi connectivity index (χ4n) is 3.46. The lowest BCUT2D eigenvalue weighted by Gasteiger charge is -2.26. The van der Waals surface area contributed by atoms with Crippen LogP contribution in [0.2, 0.25) is 0 Å². The Kier molecular flexibility index (Phi) is 8.06. The Bertz CT molecular complexity index is 953. The maximum Gasteiger partial charge on any atom is 0.241 e. The third-order valence-electron chi connectivity index (χ3n) is 5.34. The van der Waals surface area contributed by atoms with E-state index in [1.54, 1.807) is 12.1 Å². The zero-order valence-corrected chi connectivity index (χ0v) is 19.0. The molecule has 0 radical (unpaired) electrons. The summed E-state index contributed by atoms with van der Waals surface area (Å²) in [5.74, 6) is -0.345. The number of anilines is 1. The molecule has 0 saturated carbocycles. The van der Waals surface area contributed by atoms with Gasteiger partial charge in [-0.25, -0.2) is 8.42 Å². The second-order valence-corrected chi connectivity index (χ2v) is 9.68. The van der Waals surface area contributed by atoms with Gasteiger partial charge in [-0.05, 0) is 35.2 Å². The maximum absolute atomic E-state index is 12.5. The smallest absolute Gasteiger partial charge is 0.241 e. The molecular formula is C23H31N3O4S. The molecule has 1 aliphatic heterocycles. The molecule has 168 valence electrons. The molecule has 0 unspecified atom stereocenters. The molecule has 1 saturated heterocycles. The Labute approximate surface area is 185 Å². The molecule has 8 heteroatoms. The van der Waals surface area contributed by atoms with Crippen molar-refractivity contribution in [2.75, 3.05) is 43.4 Å². The van der Waals surface area contributed by atoms with Crippen molar-refractivity contribution >= 4 is 21.6 Å². The van der Waals surface area contributed by atoms with Gasteiger partial charge >= 0.3 is 0 Å². The Hall–Kier alpha value is -2.42. The number of carbonyl (C=O) groups is 1. The van der Waals surface area contributed by atoms with Crippen LogP contribution in [0, 0.1) is 0 Å². The number of morpholine rings is 1. The number of carbonyl (C=O) groups excluding carboxylic acids is 1. The number of hydrogen-bond acceptors (Lipinski definition) is 5. The molecule has 0 spiro atoms. The topological polar surface area (TPSA) is 79.0 Å². The summed E-state index contributed by atoms with van der Waals surface area (Å²) in [5.41, 5.74) is 3.79. The molecule has 1 heterocycles. The van der Waals surface area contributed by atoms with E-state index in [0.717, 1.165) is 61.0 Å². The number of hydrogen-bond donors (Lipinski definition) is 1.